The number of piperidine rings is 1. The summed E-state index contributed by atoms with van der Waals surface area (Å²) >= 11 is 11.9. The van der Waals surface area contributed by atoms with Gasteiger partial charge < -0.3 is 15.0 Å². The van der Waals surface area contributed by atoms with Gasteiger partial charge in [-0.25, -0.2) is 14.4 Å². The maximum atomic E-state index is 14.7. The molecule has 2 bridgehead atoms. The van der Waals surface area contributed by atoms with Gasteiger partial charge in [-0.15, -0.1) is 0 Å². The Bertz CT molecular complexity index is 1390. The number of aromatic nitrogens is 2. The number of anilines is 2. The van der Waals surface area contributed by atoms with Crippen LogP contribution in [0.5, 0.6) is 5.75 Å². The number of carbonyl (C=O) groups excluding carboxylic acids is 2. The fraction of sp³-hybridized carbons (Fsp3) is 0.308. The summed E-state index contributed by atoms with van der Waals surface area (Å²) in [5.74, 6) is -0.408. The van der Waals surface area contributed by atoms with Gasteiger partial charge in [-0.05, 0) is 50.0 Å². The minimum atomic E-state index is -0.711. The molecule has 10 heteroatoms. The van der Waals surface area contributed by atoms with Crippen LogP contribution in [0, 0.1) is 11.7 Å². The molecule has 0 radical (unpaired) electrons. The van der Waals surface area contributed by atoms with Crippen LogP contribution < -0.4 is 10.1 Å². The summed E-state index contributed by atoms with van der Waals surface area (Å²) in [6.45, 7) is 3.61. The second-order valence-corrected chi connectivity index (χ2v) is 9.79. The van der Waals surface area contributed by atoms with Crippen molar-refractivity contribution in [1.82, 2.24) is 14.9 Å². The Balaban J connectivity index is 1.50. The lowest BCUT2D eigenvalue weighted by molar-refractivity contribution is -0.130. The summed E-state index contributed by atoms with van der Waals surface area (Å²) in [4.78, 5) is 36.5. The molecule has 5 rings (SSSR count). The van der Waals surface area contributed by atoms with E-state index in [1.165, 1.54) is 31.6 Å². The number of fused-ring (bicyclic) bond motifs is 3. The first-order chi connectivity index (χ1) is 17.3. The lowest BCUT2D eigenvalue weighted by atomic mass is 9.84. The predicted octanol–water partition coefficient (Wildman–Crippen LogP) is 5.97. The van der Waals surface area contributed by atoms with Crippen molar-refractivity contribution in [3.8, 4) is 5.75 Å². The smallest absolute Gasteiger partial charge is 0.246 e. The summed E-state index contributed by atoms with van der Waals surface area (Å²) in [7, 11) is 1.50. The van der Waals surface area contributed by atoms with Gasteiger partial charge >= 0.3 is 0 Å². The van der Waals surface area contributed by atoms with Crippen molar-refractivity contribution in [3.05, 3.63) is 64.7 Å². The van der Waals surface area contributed by atoms with Crippen LogP contribution in [0.3, 0.4) is 0 Å². The normalized spacial score (nSPS) is 20.9. The van der Waals surface area contributed by atoms with E-state index >= 15 is 0 Å². The second-order valence-electron chi connectivity index (χ2n) is 9.01. The van der Waals surface area contributed by atoms with Crippen LogP contribution in [0.4, 0.5) is 15.9 Å². The molecule has 1 aromatic heterocycles. The molecule has 0 spiro atoms. The maximum absolute atomic E-state index is 14.7. The first-order valence-corrected chi connectivity index (χ1v) is 12.3. The highest BCUT2D eigenvalue weighted by molar-refractivity contribution is 6.42. The van der Waals surface area contributed by atoms with Gasteiger partial charge in [0.15, 0.2) is 11.6 Å². The number of carbonyl (C=O) groups is 2. The average Bonchev–Trinajstić information content (AvgIpc) is 3.16. The molecule has 7 nitrogen and oxygen atoms in total. The third-order valence-electron chi connectivity index (χ3n) is 7.04. The van der Waals surface area contributed by atoms with Gasteiger partial charge in [0, 0.05) is 29.5 Å². The number of nitrogens with one attached hydrogen (secondary N) is 1. The van der Waals surface area contributed by atoms with Gasteiger partial charge in [-0.2, -0.15) is 0 Å². The number of amides is 1. The van der Waals surface area contributed by atoms with E-state index in [1.54, 1.807) is 12.1 Å². The zero-order valence-corrected chi connectivity index (χ0v) is 20.9. The zero-order valence-electron chi connectivity index (χ0n) is 19.4. The highest BCUT2D eigenvalue weighted by atomic mass is 35.5. The lowest BCUT2D eigenvalue weighted by Gasteiger charge is -2.38. The first-order valence-electron chi connectivity index (χ1n) is 11.5. The maximum Gasteiger partial charge on any atom is 0.246 e. The van der Waals surface area contributed by atoms with Gasteiger partial charge in [0.25, 0.3) is 0 Å². The molecule has 2 aromatic carbocycles. The van der Waals surface area contributed by atoms with E-state index in [2.05, 4.69) is 21.9 Å². The minimum absolute atomic E-state index is 0.0211. The molecule has 2 unspecified atom stereocenters. The number of Topliss-reactive ketones (excluding diaryl/α,β-unsaturated/α-hetero) is 1. The number of rotatable bonds is 6. The van der Waals surface area contributed by atoms with E-state index in [4.69, 9.17) is 27.9 Å². The Morgan fingerprint density at radius 1 is 1.19 bits per heavy atom. The van der Waals surface area contributed by atoms with Crippen LogP contribution in [0.15, 0.2) is 43.2 Å². The summed E-state index contributed by atoms with van der Waals surface area (Å²) in [6, 6.07) is 6.33. The van der Waals surface area contributed by atoms with E-state index in [0.717, 1.165) is 12.8 Å². The van der Waals surface area contributed by atoms with Gasteiger partial charge in [0.1, 0.15) is 17.9 Å². The third kappa shape index (κ3) is 4.18. The Hall–Kier alpha value is -3.23. The van der Waals surface area contributed by atoms with E-state index in [-0.39, 0.29) is 45.4 Å². The van der Waals surface area contributed by atoms with Gasteiger partial charge in [-0.1, -0.05) is 29.8 Å². The number of ether oxygens (including phenoxy) is 1. The number of halogens is 3. The molecule has 2 atom stereocenters. The standard InChI is InChI=1S/C26H23Cl2FN4O3/c1-3-22(34)33-14-4-5-15(33)9-13(8-14)25(35)17-10-16-20(11-21(17)36-2)30-12-31-26(16)32-19-7-6-18(27)23(28)24(19)29/h3,6-7,10-15H,1,4-5,8-9H2,2H3,(H,30,31,32). The lowest BCUT2D eigenvalue weighted by Crippen LogP contribution is -2.47. The monoisotopic (exact) mass is 528 g/mol. The molecule has 0 aliphatic carbocycles. The molecule has 2 fully saturated rings. The van der Waals surface area contributed by atoms with Crippen molar-refractivity contribution >= 4 is 57.3 Å². The van der Waals surface area contributed by atoms with Crippen molar-refractivity contribution in [2.45, 2.75) is 37.8 Å². The van der Waals surface area contributed by atoms with E-state index in [1.807, 2.05) is 4.90 Å². The topological polar surface area (TPSA) is 84.4 Å². The average molecular weight is 529 g/mol. The summed E-state index contributed by atoms with van der Waals surface area (Å²) < 4.78 is 20.2. The molecule has 3 heterocycles. The molecule has 1 amide bonds. The molecule has 2 saturated heterocycles. The molecule has 1 N–H and O–H groups in total. The Morgan fingerprint density at radius 2 is 1.92 bits per heavy atom. The third-order valence-corrected chi connectivity index (χ3v) is 7.82. The van der Waals surface area contributed by atoms with E-state index < -0.39 is 5.82 Å². The number of benzene rings is 2. The van der Waals surface area contributed by atoms with Crippen molar-refractivity contribution in [2.24, 2.45) is 5.92 Å². The summed E-state index contributed by atoms with van der Waals surface area (Å²) in [5.41, 5.74) is 1.00. The van der Waals surface area contributed by atoms with Gasteiger partial charge in [0.05, 0.1) is 33.9 Å². The van der Waals surface area contributed by atoms with Crippen LogP contribution >= 0.6 is 23.2 Å². The van der Waals surface area contributed by atoms with Crippen LogP contribution in [-0.2, 0) is 4.79 Å². The number of nitrogens with zero attached hydrogens (tertiary/aromatic N) is 3. The zero-order chi connectivity index (χ0) is 25.6. The molecule has 2 aliphatic rings. The van der Waals surface area contributed by atoms with Crippen molar-refractivity contribution in [2.75, 3.05) is 12.4 Å². The van der Waals surface area contributed by atoms with Gasteiger partial charge in [0.2, 0.25) is 5.91 Å². The summed E-state index contributed by atoms with van der Waals surface area (Å²) in [6.07, 6.45) is 5.60. The minimum Gasteiger partial charge on any atom is -0.496 e. The quantitative estimate of drug-likeness (QED) is 0.241. The second kappa shape index (κ2) is 9.67. The highest BCUT2D eigenvalue weighted by Crippen LogP contribution is 2.42. The number of methoxy groups -OCH3 is 1. The fourth-order valence-corrected chi connectivity index (χ4v) is 5.68. The largest absolute Gasteiger partial charge is 0.496 e. The van der Waals surface area contributed by atoms with Crippen molar-refractivity contribution in [1.29, 1.82) is 0 Å². The molecular weight excluding hydrogens is 506 g/mol. The molecule has 186 valence electrons. The Labute approximate surface area is 217 Å². The van der Waals surface area contributed by atoms with Crippen LogP contribution in [0.25, 0.3) is 10.9 Å². The van der Waals surface area contributed by atoms with Crippen molar-refractivity contribution < 1.29 is 18.7 Å². The molecular formula is C26H23Cl2FN4O3. The Kier molecular flexibility index (Phi) is 6.57. The fourth-order valence-electron chi connectivity index (χ4n) is 5.37. The van der Waals surface area contributed by atoms with Gasteiger partial charge in [-0.3, -0.25) is 9.59 Å². The van der Waals surface area contributed by atoms with Crippen molar-refractivity contribution in [3.63, 3.8) is 0 Å². The predicted molar refractivity (Wildman–Crippen MR) is 137 cm³/mol. The number of hydrogen-bond acceptors (Lipinski definition) is 6. The molecule has 36 heavy (non-hydrogen) atoms. The highest BCUT2D eigenvalue weighted by Gasteiger charge is 2.44. The van der Waals surface area contributed by atoms with E-state index in [9.17, 15) is 14.0 Å². The Morgan fingerprint density at radius 3 is 2.58 bits per heavy atom. The summed E-state index contributed by atoms with van der Waals surface area (Å²) in [5, 5.41) is 3.36. The molecule has 3 aromatic rings. The number of ketones is 1. The van der Waals surface area contributed by atoms with Crippen LogP contribution in [-0.4, -0.2) is 45.8 Å². The van der Waals surface area contributed by atoms with Crippen LogP contribution in [0.2, 0.25) is 10.0 Å². The van der Waals surface area contributed by atoms with Crippen LogP contribution in [0.1, 0.15) is 36.0 Å². The SMILES string of the molecule is C=CC(=O)N1C2CCC1CC(C(=O)c1cc3c(Nc4ccc(Cl)c(Cl)c4F)ncnc3cc1OC)C2. The van der Waals surface area contributed by atoms with E-state index in [0.29, 0.717) is 40.9 Å². The number of hydrogen-bond donors (Lipinski definition) is 1. The molecule has 2 aliphatic heterocycles. The first kappa shape index (κ1) is 24.5. The molecule has 0 saturated carbocycles.